The lowest BCUT2D eigenvalue weighted by Gasteiger charge is -2.17. The van der Waals surface area contributed by atoms with E-state index in [1.807, 2.05) is 19.1 Å². The van der Waals surface area contributed by atoms with Crippen molar-refractivity contribution in [1.82, 2.24) is 0 Å². The van der Waals surface area contributed by atoms with Gasteiger partial charge in [0.25, 0.3) is 0 Å². The summed E-state index contributed by atoms with van der Waals surface area (Å²) >= 11 is 0. The van der Waals surface area contributed by atoms with Gasteiger partial charge in [-0.15, -0.1) is 0 Å². The number of allylic oxidation sites excluding steroid dienone is 2. The van der Waals surface area contributed by atoms with Gasteiger partial charge in [-0.2, -0.15) is 0 Å². The molecule has 3 heteroatoms. The van der Waals surface area contributed by atoms with Gasteiger partial charge >= 0.3 is 11.9 Å². The summed E-state index contributed by atoms with van der Waals surface area (Å²) in [4.78, 5) is 22.6. The molecule has 14 heavy (non-hydrogen) atoms. The zero-order valence-electron chi connectivity index (χ0n) is 8.03. The SMILES string of the molecule is CCC=C1CC=CC2C(=O)OC(=O)C12. The lowest BCUT2D eigenvalue weighted by atomic mass is 9.81. The van der Waals surface area contributed by atoms with Crippen LogP contribution in [0.2, 0.25) is 0 Å². The maximum Gasteiger partial charge on any atom is 0.321 e. The highest BCUT2D eigenvalue weighted by atomic mass is 16.6. The average molecular weight is 192 g/mol. The van der Waals surface area contributed by atoms with Crippen LogP contribution in [0.15, 0.2) is 23.8 Å². The molecule has 0 bridgehead atoms. The Hall–Kier alpha value is -1.38. The predicted molar refractivity (Wildman–Crippen MR) is 50.2 cm³/mol. The molecule has 0 aromatic rings. The molecule has 1 fully saturated rings. The third-order valence-corrected chi connectivity index (χ3v) is 2.65. The molecular weight excluding hydrogens is 180 g/mol. The van der Waals surface area contributed by atoms with E-state index in [1.165, 1.54) is 0 Å². The van der Waals surface area contributed by atoms with E-state index in [0.717, 1.165) is 18.4 Å². The number of rotatable bonds is 1. The molecule has 1 saturated heterocycles. The smallest absolute Gasteiger partial charge is 0.321 e. The molecule has 74 valence electrons. The topological polar surface area (TPSA) is 43.4 Å². The van der Waals surface area contributed by atoms with Crippen LogP contribution in [0, 0.1) is 11.8 Å². The van der Waals surface area contributed by atoms with Crippen LogP contribution in [0.4, 0.5) is 0 Å². The molecular formula is C11H12O3. The van der Waals surface area contributed by atoms with Crippen molar-refractivity contribution in [3.05, 3.63) is 23.8 Å². The second-order valence-electron chi connectivity index (χ2n) is 3.56. The van der Waals surface area contributed by atoms with Gasteiger partial charge in [0.15, 0.2) is 0 Å². The molecule has 0 aromatic carbocycles. The zero-order chi connectivity index (χ0) is 10.1. The number of ether oxygens (including phenoxy) is 1. The summed E-state index contributed by atoms with van der Waals surface area (Å²) in [5.74, 6) is -1.50. The van der Waals surface area contributed by atoms with Crippen molar-refractivity contribution in [3.63, 3.8) is 0 Å². The Balaban J connectivity index is 2.35. The number of fused-ring (bicyclic) bond motifs is 1. The Morgan fingerprint density at radius 3 is 3.00 bits per heavy atom. The first-order valence-corrected chi connectivity index (χ1v) is 4.85. The summed E-state index contributed by atoms with van der Waals surface area (Å²) in [6.07, 6.45) is 7.37. The van der Waals surface area contributed by atoms with Crippen molar-refractivity contribution in [2.45, 2.75) is 19.8 Å². The Labute approximate surface area is 82.4 Å². The lowest BCUT2D eigenvalue weighted by molar-refractivity contribution is -0.153. The minimum Gasteiger partial charge on any atom is -0.392 e. The molecule has 1 aliphatic carbocycles. The van der Waals surface area contributed by atoms with Crippen LogP contribution in [-0.2, 0) is 14.3 Å². The van der Waals surface area contributed by atoms with E-state index in [1.54, 1.807) is 6.08 Å². The second-order valence-corrected chi connectivity index (χ2v) is 3.56. The van der Waals surface area contributed by atoms with E-state index in [-0.39, 0.29) is 17.8 Å². The molecule has 2 rings (SSSR count). The summed E-state index contributed by atoms with van der Waals surface area (Å²) in [6.45, 7) is 2.02. The molecule has 1 aliphatic heterocycles. The fourth-order valence-electron chi connectivity index (χ4n) is 2.04. The highest BCUT2D eigenvalue weighted by Crippen LogP contribution is 2.36. The third-order valence-electron chi connectivity index (χ3n) is 2.65. The van der Waals surface area contributed by atoms with Gasteiger partial charge in [0, 0.05) is 0 Å². The second kappa shape index (κ2) is 3.40. The van der Waals surface area contributed by atoms with Crippen molar-refractivity contribution in [3.8, 4) is 0 Å². The van der Waals surface area contributed by atoms with E-state index < -0.39 is 5.97 Å². The van der Waals surface area contributed by atoms with E-state index in [9.17, 15) is 9.59 Å². The quantitative estimate of drug-likeness (QED) is 0.360. The molecule has 0 radical (unpaired) electrons. The molecule has 1 heterocycles. The van der Waals surface area contributed by atoms with Gasteiger partial charge in [0.1, 0.15) is 0 Å². The summed E-state index contributed by atoms with van der Waals surface area (Å²) < 4.78 is 4.61. The molecule has 0 N–H and O–H groups in total. The van der Waals surface area contributed by atoms with Crippen LogP contribution in [0.5, 0.6) is 0 Å². The largest absolute Gasteiger partial charge is 0.392 e. The molecule has 2 aliphatic rings. The summed E-state index contributed by atoms with van der Waals surface area (Å²) in [5, 5.41) is 0. The van der Waals surface area contributed by atoms with Crippen molar-refractivity contribution >= 4 is 11.9 Å². The first-order chi connectivity index (χ1) is 6.74. The van der Waals surface area contributed by atoms with Crippen LogP contribution < -0.4 is 0 Å². The van der Waals surface area contributed by atoms with Crippen molar-refractivity contribution in [1.29, 1.82) is 0 Å². The number of hydrogen-bond donors (Lipinski definition) is 0. The summed E-state index contributed by atoms with van der Waals surface area (Å²) in [6, 6.07) is 0. The Kier molecular flexibility index (Phi) is 2.23. The fourth-order valence-corrected chi connectivity index (χ4v) is 2.04. The van der Waals surface area contributed by atoms with Crippen LogP contribution in [0.25, 0.3) is 0 Å². The van der Waals surface area contributed by atoms with E-state index in [4.69, 9.17) is 0 Å². The zero-order valence-corrected chi connectivity index (χ0v) is 8.03. The van der Waals surface area contributed by atoms with Crippen molar-refractivity contribution in [2.75, 3.05) is 0 Å². The minimum absolute atomic E-state index is 0.340. The number of esters is 2. The highest BCUT2D eigenvalue weighted by Gasteiger charge is 2.45. The molecule has 0 spiro atoms. The number of hydrogen-bond acceptors (Lipinski definition) is 3. The molecule has 0 amide bonds. The van der Waals surface area contributed by atoms with Gasteiger partial charge in [-0.3, -0.25) is 9.59 Å². The van der Waals surface area contributed by atoms with Crippen molar-refractivity contribution < 1.29 is 14.3 Å². The highest BCUT2D eigenvalue weighted by molar-refractivity contribution is 5.99. The molecule has 2 unspecified atom stereocenters. The third kappa shape index (κ3) is 1.29. The summed E-state index contributed by atoms with van der Waals surface area (Å²) in [5.41, 5.74) is 1.02. The normalized spacial score (nSPS) is 33.4. The fraction of sp³-hybridized carbons (Fsp3) is 0.455. The standard InChI is InChI=1S/C11H12O3/c1-2-4-7-5-3-6-8-9(7)11(13)14-10(8)12/h3-4,6,8-9H,2,5H2,1H3. The van der Waals surface area contributed by atoms with Crippen molar-refractivity contribution in [2.24, 2.45) is 11.8 Å². The van der Waals surface area contributed by atoms with Gasteiger partial charge in [-0.25, -0.2) is 0 Å². The van der Waals surface area contributed by atoms with Gasteiger partial charge in [0.05, 0.1) is 11.8 Å². The summed E-state index contributed by atoms with van der Waals surface area (Å²) in [7, 11) is 0. The Bertz CT molecular complexity index is 338. The monoisotopic (exact) mass is 192 g/mol. The Morgan fingerprint density at radius 2 is 2.29 bits per heavy atom. The maximum absolute atomic E-state index is 11.4. The van der Waals surface area contributed by atoms with E-state index in [2.05, 4.69) is 4.74 Å². The van der Waals surface area contributed by atoms with Gasteiger partial charge in [-0.1, -0.05) is 30.7 Å². The van der Waals surface area contributed by atoms with Gasteiger partial charge in [-0.05, 0) is 12.8 Å². The number of carbonyl (C=O) groups is 2. The maximum atomic E-state index is 11.4. The Morgan fingerprint density at radius 1 is 1.50 bits per heavy atom. The van der Waals surface area contributed by atoms with Crippen LogP contribution in [0.1, 0.15) is 19.8 Å². The van der Waals surface area contributed by atoms with Crippen LogP contribution >= 0.6 is 0 Å². The van der Waals surface area contributed by atoms with E-state index >= 15 is 0 Å². The minimum atomic E-state index is -0.405. The van der Waals surface area contributed by atoms with Crippen LogP contribution in [-0.4, -0.2) is 11.9 Å². The average Bonchev–Trinajstić information content (AvgIpc) is 2.44. The number of cyclic esters (lactones) is 2. The predicted octanol–water partition coefficient (Wildman–Crippen LogP) is 1.60. The lowest BCUT2D eigenvalue weighted by Crippen LogP contribution is -2.20. The molecule has 0 saturated carbocycles. The van der Waals surface area contributed by atoms with Crippen LogP contribution in [0.3, 0.4) is 0 Å². The molecule has 0 aromatic heterocycles. The molecule has 3 nitrogen and oxygen atoms in total. The first kappa shape index (κ1) is 9.19. The van der Waals surface area contributed by atoms with Gasteiger partial charge in [0.2, 0.25) is 0 Å². The van der Waals surface area contributed by atoms with Gasteiger partial charge < -0.3 is 4.74 Å². The molecule has 2 atom stereocenters. The first-order valence-electron chi connectivity index (χ1n) is 4.85. The number of carbonyl (C=O) groups excluding carboxylic acids is 2. The van der Waals surface area contributed by atoms with E-state index in [0.29, 0.717) is 0 Å².